The fourth-order valence-electron chi connectivity index (χ4n) is 1.10. The lowest BCUT2D eigenvalue weighted by Crippen LogP contribution is -2.20. The number of carbonyl (C=O) groups is 1. The normalized spacial score (nSPS) is 9.65. The Bertz CT molecular complexity index is 431. The van der Waals surface area contributed by atoms with Crippen molar-refractivity contribution in [3.63, 3.8) is 0 Å². The van der Waals surface area contributed by atoms with E-state index in [-0.39, 0.29) is 24.1 Å². The Hall–Kier alpha value is -1.94. The highest BCUT2D eigenvalue weighted by molar-refractivity contribution is 5.92. The zero-order valence-corrected chi connectivity index (χ0v) is 10.0. The van der Waals surface area contributed by atoms with E-state index in [4.69, 9.17) is 5.73 Å². The minimum Gasteiger partial charge on any atom is -0.507 e. The predicted octanol–water partition coefficient (Wildman–Crippen LogP) is 1.71. The van der Waals surface area contributed by atoms with Crippen LogP contribution in [-0.2, 0) is 4.79 Å². The molecule has 0 unspecified atom stereocenters. The highest BCUT2D eigenvalue weighted by atomic mass is 35.5. The van der Waals surface area contributed by atoms with Gasteiger partial charge in [-0.2, -0.15) is 0 Å². The maximum Gasteiger partial charge on any atom is 0.244 e. The molecule has 0 aliphatic carbocycles. The molecule has 0 spiro atoms. The molecule has 1 amide bonds. The summed E-state index contributed by atoms with van der Waals surface area (Å²) in [5.74, 6) is -0.163. The molecule has 1 aromatic carbocycles. The van der Waals surface area contributed by atoms with Gasteiger partial charge in [-0.15, -0.1) is 19.0 Å². The summed E-state index contributed by atoms with van der Waals surface area (Å²) in [6, 6.07) is 4.66. The van der Waals surface area contributed by atoms with E-state index in [1.165, 1.54) is 18.2 Å². The molecular weight excluding hydrogens is 240 g/mol. The van der Waals surface area contributed by atoms with E-state index in [0.29, 0.717) is 17.8 Å². The number of halogens is 1. The van der Waals surface area contributed by atoms with Gasteiger partial charge in [0.25, 0.3) is 0 Å². The minimum absolute atomic E-state index is 0. The number of nitrogens with one attached hydrogen (secondary N) is 1. The summed E-state index contributed by atoms with van der Waals surface area (Å²) in [5.41, 5.74) is 6.59. The lowest BCUT2D eigenvalue weighted by atomic mass is 10.1. The van der Waals surface area contributed by atoms with Crippen LogP contribution in [0.15, 0.2) is 36.9 Å². The summed E-state index contributed by atoms with van der Waals surface area (Å²) in [5, 5.41) is 12.0. The Labute approximate surface area is 106 Å². The fraction of sp³-hybridized carbons (Fsp3) is 0.0833. The van der Waals surface area contributed by atoms with Crippen LogP contribution in [0.2, 0.25) is 0 Å². The molecule has 0 radical (unpaired) electrons. The van der Waals surface area contributed by atoms with E-state index < -0.39 is 0 Å². The summed E-state index contributed by atoms with van der Waals surface area (Å²) in [6.07, 6.45) is 4.42. The van der Waals surface area contributed by atoms with Crippen molar-refractivity contribution in [2.75, 3.05) is 12.3 Å². The SMILES string of the molecule is C=CCNC(=O)C=Cc1cc(N)ccc1O.Cl. The number of nitrogens with two attached hydrogens (primary N) is 1. The lowest BCUT2D eigenvalue weighted by Gasteiger charge is -2.00. The van der Waals surface area contributed by atoms with Gasteiger partial charge in [0, 0.05) is 23.9 Å². The van der Waals surface area contributed by atoms with Gasteiger partial charge in [-0.1, -0.05) is 6.08 Å². The lowest BCUT2D eigenvalue weighted by molar-refractivity contribution is -0.116. The highest BCUT2D eigenvalue weighted by Crippen LogP contribution is 2.20. The van der Waals surface area contributed by atoms with E-state index in [1.54, 1.807) is 18.2 Å². The summed E-state index contributed by atoms with van der Waals surface area (Å²) in [6.45, 7) is 3.89. The first-order valence-corrected chi connectivity index (χ1v) is 4.79. The van der Waals surface area contributed by atoms with Crippen LogP contribution in [0.25, 0.3) is 6.08 Å². The largest absolute Gasteiger partial charge is 0.507 e. The van der Waals surface area contributed by atoms with Crippen LogP contribution in [0.3, 0.4) is 0 Å². The number of rotatable bonds is 4. The Morgan fingerprint density at radius 1 is 1.53 bits per heavy atom. The molecule has 0 fully saturated rings. The zero-order chi connectivity index (χ0) is 12.0. The van der Waals surface area contributed by atoms with Crippen LogP contribution in [0.4, 0.5) is 5.69 Å². The number of aromatic hydroxyl groups is 1. The molecule has 1 aromatic rings. The molecule has 0 aliphatic rings. The maximum absolute atomic E-state index is 11.2. The number of carbonyl (C=O) groups excluding carboxylic acids is 1. The van der Waals surface area contributed by atoms with Crippen molar-refractivity contribution in [1.29, 1.82) is 0 Å². The Morgan fingerprint density at radius 3 is 2.88 bits per heavy atom. The monoisotopic (exact) mass is 254 g/mol. The van der Waals surface area contributed by atoms with E-state index in [1.807, 2.05) is 0 Å². The first kappa shape index (κ1) is 15.1. The van der Waals surface area contributed by atoms with Crippen LogP contribution < -0.4 is 11.1 Å². The average Bonchev–Trinajstić information content (AvgIpc) is 2.27. The number of hydrogen-bond donors (Lipinski definition) is 3. The number of anilines is 1. The molecule has 0 aliphatic heterocycles. The van der Waals surface area contributed by atoms with Gasteiger partial charge in [0.1, 0.15) is 5.75 Å². The molecule has 92 valence electrons. The van der Waals surface area contributed by atoms with Crippen LogP contribution in [0.1, 0.15) is 5.56 Å². The third kappa shape index (κ3) is 5.08. The van der Waals surface area contributed by atoms with Gasteiger partial charge in [0.05, 0.1) is 0 Å². The standard InChI is InChI=1S/C12H14N2O2.ClH/c1-2-7-14-12(16)6-3-9-8-10(13)4-5-11(9)15;/h2-6,8,15H,1,7,13H2,(H,14,16);1H. The number of nitrogen functional groups attached to an aromatic ring is 1. The van der Waals surface area contributed by atoms with Crippen molar-refractivity contribution in [1.82, 2.24) is 5.32 Å². The summed E-state index contributed by atoms with van der Waals surface area (Å²) < 4.78 is 0. The minimum atomic E-state index is -0.248. The smallest absolute Gasteiger partial charge is 0.244 e. The zero-order valence-electron chi connectivity index (χ0n) is 9.22. The molecule has 0 bridgehead atoms. The van der Waals surface area contributed by atoms with Gasteiger partial charge in [-0.3, -0.25) is 4.79 Å². The molecule has 0 saturated heterocycles. The van der Waals surface area contributed by atoms with Crippen LogP contribution in [0, 0.1) is 0 Å². The van der Waals surface area contributed by atoms with Gasteiger partial charge in [-0.05, 0) is 24.3 Å². The first-order chi connectivity index (χ1) is 7.63. The van der Waals surface area contributed by atoms with E-state index in [9.17, 15) is 9.90 Å². The third-order valence-electron chi connectivity index (χ3n) is 1.89. The molecule has 4 N–H and O–H groups in total. The molecule has 5 heteroatoms. The van der Waals surface area contributed by atoms with Crippen LogP contribution in [-0.4, -0.2) is 17.6 Å². The van der Waals surface area contributed by atoms with Crippen molar-refractivity contribution in [2.45, 2.75) is 0 Å². The Balaban J connectivity index is 0.00000256. The molecular formula is C12H15ClN2O2. The number of benzene rings is 1. The number of amides is 1. The molecule has 1 rings (SSSR count). The van der Waals surface area contributed by atoms with Crippen LogP contribution >= 0.6 is 12.4 Å². The van der Waals surface area contributed by atoms with Crippen molar-refractivity contribution in [2.24, 2.45) is 0 Å². The van der Waals surface area contributed by atoms with Crippen molar-refractivity contribution >= 4 is 30.1 Å². The van der Waals surface area contributed by atoms with Crippen molar-refractivity contribution < 1.29 is 9.90 Å². The molecule has 0 saturated carbocycles. The van der Waals surface area contributed by atoms with Gasteiger partial charge >= 0.3 is 0 Å². The number of hydrogen-bond acceptors (Lipinski definition) is 3. The Kier molecular flexibility index (Phi) is 6.51. The van der Waals surface area contributed by atoms with E-state index >= 15 is 0 Å². The highest BCUT2D eigenvalue weighted by Gasteiger charge is 1.98. The molecule has 17 heavy (non-hydrogen) atoms. The number of phenolic OH excluding ortho intramolecular Hbond substituents is 1. The summed E-state index contributed by atoms with van der Waals surface area (Å²) in [4.78, 5) is 11.2. The van der Waals surface area contributed by atoms with Crippen molar-refractivity contribution in [3.05, 3.63) is 42.5 Å². The summed E-state index contributed by atoms with van der Waals surface area (Å²) >= 11 is 0. The summed E-state index contributed by atoms with van der Waals surface area (Å²) in [7, 11) is 0. The Morgan fingerprint density at radius 2 is 2.24 bits per heavy atom. The molecule has 0 aromatic heterocycles. The fourth-order valence-corrected chi connectivity index (χ4v) is 1.10. The predicted molar refractivity (Wildman–Crippen MR) is 72.0 cm³/mol. The van der Waals surface area contributed by atoms with Gasteiger partial charge in [0.2, 0.25) is 5.91 Å². The average molecular weight is 255 g/mol. The van der Waals surface area contributed by atoms with Gasteiger partial charge in [0.15, 0.2) is 0 Å². The molecule has 4 nitrogen and oxygen atoms in total. The second-order valence-corrected chi connectivity index (χ2v) is 3.19. The van der Waals surface area contributed by atoms with Crippen molar-refractivity contribution in [3.8, 4) is 5.75 Å². The van der Waals surface area contributed by atoms with Gasteiger partial charge in [-0.25, -0.2) is 0 Å². The quantitative estimate of drug-likeness (QED) is 0.331. The first-order valence-electron chi connectivity index (χ1n) is 4.79. The third-order valence-corrected chi connectivity index (χ3v) is 1.89. The second-order valence-electron chi connectivity index (χ2n) is 3.19. The van der Waals surface area contributed by atoms with Gasteiger partial charge < -0.3 is 16.2 Å². The van der Waals surface area contributed by atoms with E-state index in [0.717, 1.165) is 0 Å². The van der Waals surface area contributed by atoms with E-state index in [2.05, 4.69) is 11.9 Å². The van der Waals surface area contributed by atoms with Crippen LogP contribution in [0.5, 0.6) is 5.75 Å². The maximum atomic E-state index is 11.2. The molecule has 0 heterocycles. The second kappa shape index (κ2) is 7.35. The molecule has 0 atom stereocenters. The topological polar surface area (TPSA) is 75.4 Å². The number of phenols is 1.